The molecule has 102 valence electrons. The normalized spacial score (nSPS) is 19.4. The van der Waals surface area contributed by atoms with Crippen LogP contribution in [-0.2, 0) is 14.3 Å². The Kier molecular flexibility index (Phi) is 8.56. The average molecular weight is 247 g/mol. The first-order valence-corrected chi connectivity index (χ1v) is 6.46. The van der Waals surface area contributed by atoms with Crippen molar-refractivity contribution in [3.8, 4) is 0 Å². The molecular weight excluding hydrogens is 222 g/mol. The van der Waals surface area contributed by atoms with E-state index in [1.807, 2.05) is 0 Å². The van der Waals surface area contributed by atoms with E-state index >= 15 is 0 Å². The predicted octanol–water partition coefficient (Wildman–Crippen LogP) is 0.864. The molecule has 0 aromatic carbocycles. The average Bonchev–Trinajstić information content (AvgIpc) is 2.37. The molecule has 0 spiro atoms. The molecule has 0 saturated heterocycles. The van der Waals surface area contributed by atoms with E-state index in [0.29, 0.717) is 32.5 Å². The zero-order valence-corrected chi connectivity index (χ0v) is 10.7. The summed E-state index contributed by atoms with van der Waals surface area (Å²) < 4.78 is 10.5. The van der Waals surface area contributed by atoms with Gasteiger partial charge in [0.15, 0.2) is 0 Å². The third-order valence-corrected chi connectivity index (χ3v) is 2.89. The van der Waals surface area contributed by atoms with Crippen molar-refractivity contribution in [1.29, 1.82) is 0 Å². The van der Waals surface area contributed by atoms with Gasteiger partial charge in [-0.1, -0.05) is 19.3 Å². The Morgan fingerprint density at radius 3 is 2.71 bits per heavy atom. The summed E-state index contributed by atoms with van der Waals surface area (Å²) in [5, 5.41) is 9.64. The Bertz CT molecular complexity index is 174. The van der Waals surface area contributed by atoms with Crippen molar-refractivity contribution in [3.63, 3.8) is 0 Å². The van der Waals surface area contributed by atoms with Crippen LogP contribution in [0.2, 0.25) is 0 Å². The number of nitrogens with one attached hydrogen (secondary N) is 1. The molecule has 1 saturated carbocycles. The summed E-state index contributed by atoms with van der Waals surface area (Å²) in [6, 6.07) is 0. The summed E-state index contributed by atoms with van der Waals surface area (Å²) in [5.41, 5.74) is 2.70. The number of hydroxylamine groups is 1. The molecule has 5 heteroatoms. The molecule has 0 heterocycles. The molecule has 0 bridgehead atoms. The smallest absolute Gasteiger partial charge is 0.0921 e. The third-order valence-electron chi connectivity index (χ3n) is 2.89. The molecule has 1 atom stereocenters. The van der Waals surface area contributed by atoms with Crippen molar-refractivity contribution in [1.82, 2.24) is 5.48 Å². The molecule has 5 nitrogen and oxygen atoms in total. The molecule has 0 aromatic rings. The van der Waals surface area contributed by atoms with Crippen molar-refractivity contribution in [2.75, 3.05) is 33.5 Å². The minimum atomic E-state index is -0.514. The van der Waals surface area contributed by atoms with Crippen LogP contribution in [0, 0.1) is 0 Å². The predicted molar refractivity (Wildman–Crippen MR) is 64.7 cm³/mol. The highest BCUT2D eigenvalue weighted by atomic mass is 16.7. The Balaban J connectivity index is 1.91. The molecule has 1 aliphatic rings. The van der Waals surface area contributed by atoms with Crippen LogP contribution in [0.1, 0.15) is 32.1 Å². The van der Waals surface area contributed by atoms with E-state index in [0.717, 1.165) is 12.8 Å². The number of aliphatic hydroxyl groups excluding tert-OH is 1. The van der Waals surface area contributed by atoms with Gasteiger partial charge in [0.05, 0.1) is 32.0 Å². The lowest BCUT2D eigenvalue weighted by molar-refractivity contribution is -0.0503. The van der Waals surface area contributed by atoms with E-state index < -0.39 is 6.10 Å². The Hall–Kier alpha value is -0.200. The second-order valence-electron chi connectivity index (χ2n) is 4.44. The van der Waals surface area contributed by atoms with Gasteiger partial charge < -0.3 is 14.6 Å². The maximum Gasteiger partial charge on any atom is 0.0921 e. The highest BCUT2D eigenvalue weighted by molar-refractivity contribution is 4.66. The van der Waals surface area contributed by atoms with Gasteiger partial charge in [0.1, 0.15) is 0 Å². The van der Waals surface area contributed by atoms with E-state index in [9.17, 15) is 5.11 Å². The first-order chi connectivity index (χ1) is 8.33. The first kappa shape index (κ1) is 14.9. The lowest BCUT2D eigenvalue weighted by Crippen LogP contribution is -2.33. The Morgan fingerprint density at radius 1 is 1.24 bits per heavy atom. The summed E-state index contributed by atoms with van der Waals surface area (Å²) in [6.45, 7) is 1.79. The van der Waals surface area contributed by atoms with E-state index in [1.165, 1.54) is 19.3 Å². The van der Waals surface area contributed by atoms with Crippen LogP contribution >= 0.6 is 0 Å². The summed E-state index contributed by atoms with van der Waals surface area (Å²) in [7, 11) is 1.62. The summed E-state index contributed by atoms with van der Waals surface area (Å²) in [6.07, 6.45) is 5.90. The minimum Gasteiger partial charge on any atom is -0.389 e. The van der Waals surface area contributed by atoms with Gasteiger partial charge in [0.25, 0.3) is 0 Å². The topological polar surface area (TPSA) is 60.0 Å². The molecule has 0 amide bonds. The second-order valence-corrected chi connectivity index (χ2v) is 4.44. The number of hydrogen-bond acceptors (Lipinski definition) is 5. The zero-order valence-electron chi connectivity index (χ0n) is 10.7. The van der Waals surface area contributed by atoms with Gasteiger partial charge in [-0.3, -0.25) is 4.84 Å². The van der Waals surface area contributed by atoms with Gasteiger partial charge in [-0.15, -0.1) is 0 Å². The van der Waals surface area contributed by atoms with E-state index in [-0.39, 0.29) is 0 Å². The summed E-state index contributed by atoms with van der Waals surface area (Å²) in [5.74, 6) is 0. The molecule has 0 aromatic heterocycles. The number of rotatable bonds is 9. The highest BCUT2D eigenvalue weighted by Gasteiger charge is 2.15. The van der Waals surface area contributed by atoms with E-state index in [1.54, 1.807) is 7.11 Å². The maximum absolute atomic E-state index is 9.64. The van der Waals surface area contributed by atoms with Crippen molar-refractivity contribution in [2.45, 2.75) is 44.3 Å². The fourth-order valence-electron chi connectivity index (χ4n) is 1.89. The van der Waals surface area contributed by atoms with Crippen LogP contribution in [0.25, 0.3) is 0 Å². The van der Waals surface area contributed by atoms with Crippen LogP contribution in [0.3, 0.4) is 0 Å². The fourth-order valence-corrected chi connectivity index (χ4v) is 1.89. The number of ether oxygens (including phenoxy) is 2. The van der Waals surface area contributed by atoms with Crippen LogP contribution < -0.4 is 5.48 Å². The molecule has 1 fully saturated rings. The molecule has 2 N–H and O–H groups in total. The van der Waals surface area contributed by atoms with E-state index in [4.69, 9.17) is 14.3 Å². The molecule has 1 aliphatic carbocycles. The van der Waals surface area contributed by atoms with Crippen molar-refractivity contribution < 1.29 is 19.4 Å². The quantitative estimate of drug-likeness (QED) is 0.467. The molecule has 1 rings (SSSR count). The monoisotopic (exact) mass is 247 g/mol. The molecule has 0 radical (unpaired) electrons. The van der Waals surface area contributed by atoms with Gasteiger partial charge in [0.2, 0.25) is 0 Å². The molecule has 1 unspecified atom stereocenters. The molecule has 0 aliphatic heterocycles. The fraction of sp³-hybridized carbons (Fsp3) is 1.00. The van der Waals surface area contributed by atoms with Crippen molar-refractivity contribution >= 4 is 0 Å². The maximum atomic E-state index is 9.64. The summed E-state index contributed by atoms with van der Waals surface area (Å²) >= 11 is 0. The van der Waals surface area contributed by atoms with Crippen LogP contribution in [-0.4, -0.2) is 50.8 Å². The molecular formula is C12H25NO4. The number of methoxy groups -OCH3 is 1. The number of aliphatic hydroxyl groups is 1. The van der Waals surface area contributed by atoms with Gasteiger partial charge in [-0.25, -0.2) is 0 Å². The zero-order chi connectivity index (χ0) is 12.3. The number of hydrogen-bond donors (Lipinski definition) is 2. The largest absolute Gasteiger partial charge is 0.389 e. The van der Waals surface area contributed by atoms with Gasteiger partial charge in [-0.05, 0) is 12.8 Å². The Labute approximate surface area is 103 Å². The second kappa shape index (κ2) is 9.79. The standard InChI is InChI=1S/C12H25NO4/c1-15-7-8-17-13-9-11(14)10-16-12-5-3-2-4-6-12/h11-14H,2-10H2,1H3. The van der Waals surface area contributed by atoms with Gasteiger partial charge in [0, 0.05) is 13.7 Å². The van der Waals surface area contributed by atoms with Crippen LogP contribution in [0.15, 0.2) is 0 Å². The first-order valence-electron chi connectivity index (χ1n) is 6.46. The molecule has 17 heavy (non-hydrogen) atoms. The van der Waals surface area contributed by atoms with E-state index in [2.05, 4.69) is 5.48 Å². The van der Waals surface area contributed by atoms with Crippen molar-refractivity contribution in [3.05, 3.63) is 0 Å². The SMILES string of the molecule is COCCONCC(O)COC1CCCCC1. The lowest BCUT2D eigenvalue weighted by Gasteiger charge is -2.23. The van der Waals surface area contributed by atoms with Crippen LogP contribution in [0.4, 0.5) is 0 Å². The lowest BCUT2D eigenvalue weighted by atomic mass is 9.98. The summed E-state index contributed by atoms with van der Waals surface area (Å²) in [4.78, 5) is 5.05. The van der Waals surface area contributed by atoms with Crippen LogP contribution in [0.5, 0.6) is 0 Å². The van der Waals surface area contributed by atoms with Gasteiger partial charge in [-0.2, -0.15) is 5.48 Å². The highest BCUT2D eigenvalue weighted by Crippen LogP contribution is 2.20. The Morgan fingerprint density at radius 2 is 2.00 bits per heavy atom. The van der Waals surface area contributed by atoms with Gasteiger partial charge >= 0.3 is 0 Å². The van der Waals surface area contributed by atoms with Crippen molar-refractivity contribution in [2.24, 2.45) is 0 Å². The third kappa shape index (κ3) is 7.68. The minimum absolute atomic E-state index is 0.341.